The summed E-state index contributed by atoms with van der Waals surface area (Å²) in [5.74, 6) is 0.350. The van der Waals surface area contributed by atoms with E-state index in [1.165, 1.54) is 10.9 Å². The fourth-order valence-corrected chi connectivity index (χ4v) is 3.14. The molecule has 7 heteroatoms. The highest BCUT2D eigenvalue weighted by molar-refractivity contribution is 6.31. The topological polar surface area (TPSA) is 77.1 Å². The number of amides is 1. The zero-order valence-corrected chi connectivity index (χ0v) is 15.2. The Labute approximate surface area is 159 Å². The lowest BCUT2D eigenvalue weighted by Gasteiger charge is -2.12. The Bertz CT molecular complexity index is 1180. The van der Waals surface area contributed by atoms with Crippen LogP contribution in [0.5, 0.6) is 0 Å². The van der Waals surface area contributed by atoms with Crippen LogP contribution in [0.3, 0.4) is 0 Å². The Morgan fingerprint density at radius 1 is 1.26 bits per heavy atom. The molecule has 2 aromatic heterocycles. The SMILES string of the molecule is CC(NC(=O)Cn1cnc2cc(Cl)ccc2c1=O)c1cc2ccccc2o1. The van der Waals surface area contributed by atoms with Gasteiger partial charge in [0.15, 0.2) is 0 Å². The molecule has 0 radical (unpaired) electrons. The zero-order valence-electron chi connectivity index (χ0n) is 14.5. The number of rotatable bonds is 4. The third-order valence-corrected chi connectivity index (χ3v) is 4.59. The number of nitrogens with zero attached hydrogens (tertiary/aromatic N) is 2. The number of nitrogens with one attached hydrogen (secondary N) is 1. The normalized spacial score (nSPS) is 12.4. The van der Waals surface area contributed by atoms with Crippen LogP contribution in [-0.4, -0.2) is 15.5 Å². The largest absolute Gasteiger partial charge is 0.459 e. The van der Waals surface area contributed by atoms with Crippen LogP contribution in [-0.2, 0) is 11.3 Å². The number of para-hydroxylation sites is 1. The number of aromatic nitrogens is 2. The Morgan fingerprint density at radius 2 is 2.07 bits per heavy atom. The van der Waals surface area contributed by atoms with Gasteiger partial charge < -0.3 is 9.73 Å². The average molecular weight is 382 g/mol. The summed E-state index contributed by atoms with van der Waals surface area (Å²) >= 11 is 5.92. The van der Waals surface area contributed by atoms with Gasteiger partial charge in [0.1, 0.15) is 17.9 Å². The lowest BCUT2D eigenvalue weighted by Crippen LogP contribution is -2.33. The summed E-state index contributed by atoms with van der Waals surface area (Å²) in [6, 6.07) is 14.1. The smallest absolute Gasteiger partial charge is 0.261 e. The van der Waals surface area contributed by atoms with E-state index >= 15 is 0 Å². The molecule has 0 saturated heterocycles. The van der Waals surface area contributed by atoms with Gasteiger partial charge in [0.25, 0.3) is 5.56 Å². The summed E-state index contributed by atoms with van der Waals surface area (Å²) in [6.07, 6.45) is 1.35. The number of carbonyl (C=O) groups excluding carboxylic acids is 1. The van der Waals surface area contributed by atoms with Crippen LogP contribution in [0, 0.1) is 0 Å². The molecule has 1 unspecified atom stereocenters. The summed E-state index contributed by atoms with van der Waals surface area (Å²) in [7, 11) is 0. The number of halogens is 1. The number of fused-ring (bicyclic) bond motifs is 2. The molecule has 136 valence electrons. The van der Waals surface area contributed by atoms with Gasteiger partial charge in [-0.1, -0.05) is 29.8 Å². The van der Waals surface area contributed by atoms with Gasteiger partial charge in [-0.25, -0.2) is 4.98 Å². The van der Waals surface area contributed by atoms with E-state index in [9.17, 15) is 9.59 Å². The maximum Gasteiger partial charge on any atom is 0.261 e. The third kappa shape index (κ3) is 3.44. The van der Waals surface area contributed by atoms with Crippen molar-refractivity contribution < 1.29 is 9.21 Å². The van der Waals surface area contributed by atoms with Crippen LogP contribution >= 0.6 is 11.6 Å². The summed E-state index contributed by atoms with van der Waals surface area (Å²) in [5.41, 5.74) is 0.977. The van der Waals surface area contributed by atoms with E-state index in [0.29, 0.717) is 21.7 Å². The van der Waals surface area contributed by atoms with Crippen molar-refractivity contribution in [3.05, 3.63) is 76.0 Å². The van der Waals surface area contributed by atoms with E-state index in [1.807, 2.05) is 37.3 Å². The highest BCUT2D eigenvalue weighted by Crippen LogP contribution is 2.23. The van der Waals surface area contributed by atoms with E-state index in [1.54, 1.807) is 18.2 Å². The van der Waals surface area contributed by atoms with E-state index in [4.69, 9.17) is 16.0 Å². The number of benzene rings is 2. The van der Waals surface area contributed by atoms with Gasteiger partial charge in [-0.15, -0.1) is 0 Å². The van der Waals surface area contributed by atoms with Gasteiger partial charge in [-0.2, -0.15) is 0 Å². The van der Waals surface area contributed by atoms with E-state index in [0.717, 1.165) is 11.0 Å². The molecule has 4 rings (SSSR count). The van der Waals surface area contributed by atoms with Crippen molar-refractivity contribution in [3.63, 3.8) is 0 Å². The van der Waals surface area contributed by atoms with Crippen molar-refractivity contribution in [1.29, 1.82) is 0 Å². The molecule has 6 nitrogen and oxygen atoms in total. The summed E-state index contributed by atoms with van der Waals surface area (Å²) in [6.45, 7) is 1.70. The van der Waals surface area contributed by atoms with E-state index < -0.39 is 0 Å². The zero-order chi connectivity index (χ0) is 19.0. The second-order valence-corrected chi connectivity index (χ2v) is 6.75. The van der Waals surface area contributed by atoms with Crippen LogP contribution < -0.4 is 10.9 Å². The minimum Gasteiger partial charge on any atom is -0.459 e. The van der Waals surface area contributed by atoms with Crippen LogP contribution in [0.1, 0.15) is 18.7 Å². The highest BCUT2D eigenvalue weighted by Gasteiger charge is 2.15. The Morgan fingerprint density at radius 3 is 2.89 bits per heavy atom. The fraction of sp³-hybridized carbons (Fsp3) is 0.150. The van der Waals surface area contributed by atoms with E-state index in [-0.39, 0.29) is 24.1 Å². The van der Waals surface area contributed by atoms with Crippen molar-refractivity contribution in [3.8, 4) is 0 Å². The minimum absolute atomic E-state index is 0.130. The first-order chi connectivity index (χ1) is 13.0. The lowest BCUT2D eigenvalue weighted by atomic mass is 10.2. The maximum atomic E-state index is 12.5. The molecule has 0 saturated carbocycles. The molecule has 0 spiro atoms. The monoisotopic (exact) mass is 381 g/mol. The Balaban J connectivity index is 1.52. The first-order valence-electron chi connectivity index (χ1n) is 8.44. The molecule has 0 fully saturated rings. The van der Waals surface area contributed by atoms with E-state index in [2.05, 4.69) is 10.3 Å². The first kappa shape index (κ1) is 17.3. The van der Waals surface area contributed by atoms with Crippen molar-refractivity contribution in [2.24, 2.45) is 0 Å². The quantitative estimate of drug-likeness (QED) is 0.585. The van der Waals surface area contributed by atoms with Crippen molar-refractivity contribution in [2.75, 3.05) is 0 Å². The molecule has 1 atom stereocenters. The van der Waals surface area contributed by atoms with Gasteiger partial charge in [-0.3, -0.25) is 14.2 Å². The number of hydrogen-bond donors (Lipinski definition) is 1. The molecule has 1 N–H and O–H groups in total. The molecule has 0 aliphatic rings. The minimum atomic E-state index is -0.326. The predicted octanol–water partition coefficient (Wildman–Crippen LogP) is 3.67. The molecule has 0 aliphatic heterocycles. The fourth-order valence-electron chi connectivity index (χ4n) is 2.97. The molecule has 2 aromatic carbocycles. The first-order valence-corrected chi connectivity index (χ1v) is 8.81. The Hall–Kier alpha value is -3.12. The molecular formula is C20H16ClN3O3. The molecule has 0 aliphatic carbocycles. The average Bonchev–Trinajstić information content (AvgIpc) is 3.08. The van der Waals surface area contributed by atoms with Crippen LogP contribution in [0.25, 0.3) is 21.9 Å². The molecule has 0 bridgehead atoms. The van der Waals surface area contributed by atoms with Gasteiger partial charge in [0, 0.05) is 10.4 Å². The summed E-state index contributed by atoms with van der Waals surface area (Å²) in [4.78, 5) is 29.1. The molecular weight excluding hydrogens is 366 g/mol. The third-order valence-electron chi connectivity index (χ3n) is 4.35. The van der Waals surface area contributed by atoms with Crippen LogP contribution in [0.2, 0.25) is 5.02 Å². The molecule has 2 heterocycles. The van der Waals surface area contributed by atoms with Gasteiger partial charge in [-0.05, 0) is 37.3 Å². The van der Waals surface area contributed by atoms with Crippen molar-refractivity contribution in [1.82, 2.24) is 14.9 Å². The second kappa shape index (κ2) is 6.89. The summed E-state index contributed by atoms with van der Waals surface area (Å²) < 4.78 is 7.04. The molecule has 1 amide bonds. The number of furan rings is 1. The molecule has 27 heavy (non-hydrogen) atoms. The van der Waals surface area contributed by atoms with Crippen LogP contribution in [0.4, 0.5) is 0 Å². The van der Waals surface area contributed by atoms with Crippen molar-refractivity contribution in [2.45, 2.75) is 19.5 Å². The lowest BCUT2D eigenvalue weighted by molar-refractivity contribution is -0.122. The molecule has 4 aromatic rings. The highest BCUT2D eigenvalue weighted by atomic mass is 35.5. The predicted molar refractivity (Wildman–Crippen MR) is 104 cm³/mol. The van der Waals surface area contributed by atoms with Gasteiger partial charge in [0.2, 0.25) is 5.91 Å². The standard InChI is InChI=1S/C20H16ClN3O3/c1-12(18-8-13-4-2-3-5-17(13)27-18)23-19(25)10-24-11-22-16-9-14(21)6-7-15(16)20(24)26/h2-9,11-12H,10H2,1H3,(H,23,25). The second-order valence-electron chi connectivity index (χ2n) is 6.31. The number of hydrogen-bond acceptors (Lipinski definition) is 4. The Kier molecular flexibility index (Phi) is 4.41. The van der Waals surface area contributed by atoms with Gasteiger partial charge >= 0.3 is 0 Å². The summed E-state index contributed by atoms with van der Waals surface area (Å²) in [5, 5.41) is 4.74. The maximum absolute atomic E-state index is 12.5. The number of carbonyl (C=O) groups is 1. The van der Waals surface area contributed by atoms with Crippen molar-refractivity contribution >= 4 is 39.4 Å². The van der Waals surface area contributed by atoms with Crippen LogP contribution in [0.15, 0.2) is 64.1 Å². The van der Waals surface area contributed by atoms with Gasteiger partial charge in [0.05, 0.1) is 23.3 Å².